The molecule has 0 radical (unpaired) electrons. The number of halogens is 1. The van der Waals surface area contributed by atoms with Crippen LogP contribution in [0.1, 0.15) is 31.2 Å². The number of hydrogen-bond donors (Lipinski definition) is 1. The SMILES string of the molecule is CCc1nnc(SCC(=O)NCc2ccc(Cl)cc2)n1CC1CCCO1. The van der Waals surface area contributed by atoms with Gasteiger partial charge >= 0.3 is 0 Å². The van der Waals surface area contributed by atoms with Crippen LogP contribution in [0.5, 0.6) is 0 Å². The van der Waals surface area contributed by atoms with Gasteiger partial charge in [0, 0.05) is 24.6 Å². The first kappa shape index (κ1) is 19.2. The molecule has 1 amide bonds. The number of benzene rings is 1. The maximum atomic E-state index is 12.1. The predicted octanol–water partition coefficient (Wildman–Crippen LogP) is 3.08. The lowest BCUT2D eigenvalue weighted by molar-refractivity contribution is -0.118. The highest BCUT2D eigenvalue weighted by Crippen LogP contribution is 2.21. The molecule has 6 nitrogen and oxygen atoms in total. The average Bonchev–Trinajstić information content (AvgIpc) is 3.30. The second kappa shape index (κ2) is 9.39. The molecule has 2 heterocycles. The summed E-state index contributed by atoms with van der Waals surface area (Å²) in [5.41, 5.74) is 1.02. The molecule has 26 heavy (non-hydrogen) atoms. The first-order chi connectivity index (χ1) is 12.7. The highest BCUT2D eigenvalue weighted by Gasteiger charge is 2.20. The van der Waals surface area contributed by atoms with Crippen LogP contribution < -0.4 is 5.32 Å². The van der Waals surface area contributed by atoms with Crippen molar-refractivity contribution in [2.24, 2.45) is 0 Å². The van der Waals surface area contributed by atoms with E-state index in [0.717, 1.165) is 49.0 Å². The van der Waals surface area contributed by atoms with Gasteiger partial charge in [0.25, 0.3) is 0 Å². The molecule has 2 aromatic rings. The quantitative estimate of drug-likeness (QED) is 0.697. The molecule has 140 valence electrons. The molecule has 0 aliphatic carbocycles. The van der Waals surface area contributed by atoms with Crippen molar-refractivity contribution < 1.29 is 9.53 Å². The molecule has 8 heteroatoms. The van der Waals surface area contributed by atoms with Crippen LogP contribution in [0.3, 0.4) is 0 Å². The first-order valence-corrected chi connectivity index (χ1v) is 10.2. The highest BCUT2D eigenvalue weighted by molar-refractivity contribution is 7.99. The minimum absolute atomic E-state index is 0.0327. The van der Waals surface area contributed by atoms with E-state index in [4.69, 9.17) is 16.3 Å². The molecule has 1 N–H and O–H groups in total. The van der Waals surface area contributed by atoms with Gasteiger partial charge in [-0.2, -0.15) is 0 Å². The third kappa shape index (κ3) is 5.22. The van der Waals surface area contributed by atoms with Crippen molar-refractivity contribution in [2.75, 3.05) is 12.4 Å². The zero-order valence-electron chi connectivity index (χ0n) is 14.8. The molecular formula is C18H23ClN4O2S. The van der Waals surface area contributed by atoms with E-state index in [1.165, 1.54) is 11.8 Å². The Morgan fingerprint density at radius 3 is 2.88 bits per heavy atom. The fraction of sp³-hybridized carbons (Fsp3) is 0.500. The lowest BCUT2D eigenvalue weighted by atomic mass is 10.2. The van der Waals surface area contributed by atoms with Crippen molar-refractivity contribution in [1.29, 1.82) is 0 Å². The third-order valence-electron chi connectivity index (χ3n) is 4.26. The molecule has 1 unspecified atom stereocenters. The molecule has 1 aromatic carbocycles. The number of aromatic nitrogens is 3. The van der Waals surface area contributed by atoms with E-state index in [0.29, 0.717) is 17.3 Å². The van der Waals surface area contributed by atoms with Crippen LogP contribution in [-0.4, -0.2) is 39.1 Å². The van der Waals surface area contributed by atoms with E-state index in [2.05, 4.69) is 27.0 Å². The summed E-state index contributed by atoms with van der Waals surface area (Å²) in [4.78, 5) is 12.1. The van der Waals surface area contributed by atoms with E-state index >= 15 is 0 Å². The molecular weight excluding hydrogens is 372 g/mol. The van der Waals surface area contributed by atoms with Gasteiger partial charge in [-0.25, -0.2) is 0 Å². The van der Waals surface area contributed by atoms with Crippen LogP contribution in [0.25, 0.3) is 0 Å². The Morgan fingerprint density at radius 2 is 2.19 bits per heavy atom. The summed E-state index contributed by atoms with van der Waals surface area (Å²) in [7, 11) is 0. The summed E-state index contributed by atoms with van der Waals surface area (Å²) in [6, 6.07) is 7.44. The molecule has 1 aromatic heterocycles. The van der Waals surface area contributed by atoms with Crippen molar-refractivity contribution in [1.82, 2.24) is 20.1 Å². The number of ether oxygens (including phenoxy) is 1. The van der Waals surface area contributed by atoms with Crippen LogP contribution >= 0.6 is 23.4 Å². The molecule has 1 atom stereocenters. The Kier molecular flexibility index (Phi) is 6.93. The van der Waals surface area contributed by atoms with E-state index in [1.54, 1.807) is 0 Å². The minimum atomic E-state index is -0.0327. The largest absolute Gasteiger partial charge is 0.376 e. The van der Waals surface area contributed by atoms with E-state index in [-0.39, 0.29) is 12.0 Å². The van der Waals surface area contributed by atoms with Crippen molar-refractivity contribution in [3.8, 4) is 0 Å². The smallest absolute Gasteiger partial charge is 0.230 e. The Morgan fingerprint density at radius 1 is 1.38 bits per heavy atom. The molecule has 3 rings (SSSR count). The second-order valence-corrected chi connectivity index (χ2v) is 7.57. The van der Waals surface area contributed by atoms with Gasteiger partial charge in [-0.3, -0.25) is 4.79 Å². The van der Waals surface area contributed by atoms with Gasteiger partial charge in [0.1, 0.15) is 5.82 Å². The topological polar surface area (TPSA) is 69.0 Å². The van der Waals surface area contributed by atoms with Crippen LogP contribution in [0.4, 0.5) is 0 Å². The summed E-state index contributed by atoms with van der Waals surface area (Å²) < 4.78 is 7.82. The monoisotopic (exact) mass is 394 g/mol. The average molecular weight is 395 g/mol. The fourth-order valence-corrected chi connectivity index (χ4v) is 3.77. The minimum Gasteiger partial charge on any atom is -0.376 e. The normalized spacial score (nSPS) is 16.8. The van der Waals surface area contributed by atoms with E-state index < -0.39 is 0 Å². The molecule has 1 saturated heterocycles. The van der Waals surface area contributed by atoms with Gasteiger partial charge in [0.15, 0.2) is 5.16 Å². The summed E-state index contributed by atoms with van der Waals surface area (Å²) in [6.45, 7) is 4.12. The Balaban J connectivity index is 1.52. The molecule has 0 saturated carbocycles. The molecule has 1 fully saturated rings. The lowest BCUT2D eigenvalue weighted by Gasteiger charge is -2.14. The number of amides is 1. The molecule has 0 bridgehead atoms. The highest BCUT2D eigenvalue weighted by atomic mass is 35.5. The number of thioether (sulfide) groups is 1. The standard InChI is InChI=1S/C18H23ClN4O2S/c1-2-16-21-22-18(23(16)11-15-4-3-9-25-15)26-12-17(24)20-10-13-5-7-14(19)8-6-13/h5-8,15H,2-4,9-12H2,1H3,(H,20,24). The Bertz CT molecular complexity index is 729. The maximum absolute atomic E-state index is 12.1. The zero-order valence-corrected chi connectivity index (χ0v) is 16.4. The summed E-state index contributed by atoms with van der Waals surface area (Å²) in [5.74, 6) is 1.21. The predicted molar refractivity (Wildman–Crippen MR) is 102 cm³/mol. The van der Waals surface area contributed by atoms with Crippen LogP contribution in [-0.2, 0) is 29.0 Å². The number of hydrogen-bond acceptors (Lipinski definition) is 5. The second-order valence-electron chi connectivity index (χ2n) is 6.19. The number of rotatable bonds is 8. The molecule has 1 aliphatic rings. The summed E-state index contributed by atoms with van der Waals surface area (Å²) in [6.07, 6.45) is 3.19. The number of carbonyl (C=O) groups is 1. The van der Waals surface area contributed by atoms with Gasteiger partial charge in [-0.1, -0.05) is 42.4 Å². The number of carbonyl (C=O) groups excluding carboxylic acids is 1. The van der Waals surface area contributed by atoms with Crippen molar-refractivity contribution >= 4 is 29.3 Å². The lowest BCUT2D eigenvalue weighted by Crippen LogP contribution is -2.25. The van der Waals surface area contributed by atoms with Crippen molar-refractivity contribution in [3.05, 3.63) is 40.7 Å². The first-order valence-electron chi connectivity index (χ1n) is 8.83. The number of nitrogens with zero attached hydrogens (tertiary/aromatic N) is 3. The Hall–Kier alpha value is -1.57. The fourth-order valence-electron chi connectivity index (χ4n) is 2.85. The van der Waals surface area contributed by atoms with Gasteiger partial charge in [-0.15, -0.1) is 10.2 Å². The van der Waals surface area contributed by atoms with E-state index in [1.807, 2.05) is 24.3 Å². The maximum Gasteiger partial charge on any atom is 0.230 e. The molecule has 1 aliphatic heterocycles. The zero-order chi connectivity index (χ0) is 18.4. The third-order valence-corrected chi connectivity index (χ3v) is 5.47. The van der Waals surface area contributed by atoms with E-state index in [9.17, 15) is 4.79 Å². The van der Waals surface area contributed by atoms with Gasteiger partial charge in [0.2, 0.25) is 5.91 Å². The van der Waals surface area contributed by atoms with Crippen molar-refractivity contribution in [2.45, 2.75) is 50.5 Å². The van der Waals surface area contributed by atoms with Crippen LogP contribution in [0.2, 0.25) is 5.02 Å². The molecule has 0 spiro atoms. The number of aryl methyl sites for hydroxylation is 1. The van der Waals surface area contributed by atoms with Gasteiger partial charge in [-0.05, 0) is 30.5 Å². The van der Waals surface area contributed by atoms with Gasteiger partial charge < -0.3 is 14.6 Å². The number of nitrogens with one attached hydrogen (secondary N) is 1. The Labute approximate surface area is 162 Å². The summed E-state index contributed by atoms with van der Waals surface area (Å²) >= 11 is 7.28. The van der Waals surface area contributed by atoms with Crippen LogP contribution in [0, 0.1) is 0 Å². The van der Waals surface area contributed by atoms with Gasteiger partial charge in [0.05, 0.1) is 18.4 Å². The van der Waals surface area contributed by atoms with Crippen molar-refractivity contribution in [3.63, 3.8) is 0 Å². The van der Waals surface area contributed by atoms with Crippen LogP contribution in [0.15, 0.2) is 29.4 Å². The summed E-state index contributed by atoms with van der Waals surface area (Å²) in [5, 5.41) is 12.9.